The number of aliphatic hydroxyl groups is 1. The van der Waals surface area contributed by atoms with Crippen LogP contribution in [0, 0.1) is 11.2 Å². The normalized spacial score (nSPS) is 15.3. The van der Waals surface area contributed by atoms with Crippen LogP contribution in [0.15, 0.2) is 78.9 Å². The quantitative estimate of drug-likeness (QED) is 0.179. The van der Waals surface area contributed by atoms with E-state index in [1.54, 1.807) is 6.07 Å². The molecule has 41 heavy (non-hydrogen) atoms. The first-order chi connectivity index (χ1) is 19.6. The number of benzene rings is 3. The lowest BCUT2D eigenvalue weighted by molar-refractivity contribution is -0.138. The van der Waals surface area contributed by atoms with Crippen LogP contribution in [-0.4, -0.2) is 26.9 Å². The predicted molar refractivity (Wildman–Crippen MR) is 166 cm³/mol. The lowest BCUT2D eigenvalue weighted by atomic mass is 9.90. The van der Waals surface area contributed by atoms with Gasteiger partial charge in [0.15, 0.2) is 0 Å². The molecule has 1 saturated carbocycles. The molecule has 3 aromatic carbocycles. The molecule has 6 heteroatoms. The molecule has 0 unspecified atom stereocenters. The number of carboxylic acids is 1. The van der Waals surface area contributed by atoms with E-state index < -0.39 is 11.6 Å². The number of carboxylic acid groups (broad SMARTS) is 1. The molecule has 212 valence electrons. The Labute approximate surface area is 245 Å². The molecule has 0 bridgehead atoms. The van der Waals surface area contributed by atoms with E-state index >= 15 is 0 Å². The Morgan fingerprint density at radius 2 is 1.83 bits per heavy atom. The third kappa shape index (κ3) is 7.63. The van der Waals surface area contributed by atoms with E-state index in [1.165, 1.54) is 17.7 Å². The Hall–Kier alpha value is -3.48. The van der Waals surface area contributed by atoms with Gasteiger partial charge in [0, 0.05) is 22.5 Å². The second-order valence-electron chi connectivity index (χ2n) is 11.7. The van der Waals surface area contributed by atoms with Gasteiger partial charge in [-0.25, -0.2) is 9.37 Å². The van der Waals surface area contributed by atoms with Gasteiger partial charge in [0.05, 0.1) is 23.2 Å². The summed E-state index contributed by atoms with van der Waals surface area (Å²) >= 11 is 1.85. The van der Waals surface area contributed by atoms with E-state index in [4.69, 9.17) is 0 Å². The molecule has 1 aliphatic carbocycles. The number of aryl methyl sites for hydroxylation is 1. The number of hydrogen-bond donors (Lipinski definition) is 2. The Bertz CT molecular complexity index is 1570. The average Bonchev–Trinajstić information content (AvgIpc) is 3.70. The molecule has 1 fully saturated rings. The van der Waals surface area contributed by atoms with Gasteiger partial charge in [-0.05, 0) is 91.5 Å². The van der Waals surface area contributed by atoms with Crippen molar-refractivity contribution in [1.82, 2.24) is 4.98 Å². The zero-order valence-corrected chi connectivity index (χ0v) is 24.3. The molecule has 1 aromatic heterocycles. The molecule has 2 N–H and O–H groups in total. The van der Waals surface area contributed by atoms with Gasteiger partial charge in [0.1, 0.15) is 5.82 Å². The topological polar surface area (TPSA) is 70.4 Å². The number of carbonyl (C=O) groups is 1. The fourth-order valence-corrected chi connectivity index (χ4v) is 6.93. The Morgan fingerprint density at radius 3 is 2.59 bits per heavy atom. The fourth-order valence-electron chi connectivity index (χ4n) is 5.36. The highest BCUT2D eigenvalue weighted by Gasteiger charge is 2.44. The molecule has 4 nitrogen and oxygen atoms in total. The number of rotatable bonds is 12. The summed E-state index contributed by atoms with van der Waals surface area (Å²) in [4.78, 5) is 16.1. The first kappa shape index (κ1) is 29.0. The molecular weight excluding hydrogens is 533 g/mol. The van der Waals surface area contributed by atoms with Crippen LogP contribution in [0.5, 0.6) is 0 Å². The minimum absolute atomic E-state index is 0.0987. The minimum atomic E-state index is -0.925. The van der Waals surface area contributed by atoms with Crippen molar-refractivity contribution in [2.75, 3.05) is 5.75 Å². The second kappa shape index (κ2) is 12.2. The van der Waals surface area contributed by atoms with Crippen LogP contribution >= 0.6 is 11.8 Å². The summed E-state index contributed by atoms with van der Waals surface area (Å²) in [6, 6.07) is 25.0. The number of nitrogens with zero attached hydrogens (tertiary/aromatic N) is 1. The zero-order chi connectivity index (χ0) is 29.0. The molecule has 4 aromatic rings. The lowest BCUT2D eigenvalue weighted by Crippen LogP contribution is -2.18. The molecule has 0 aliphatic heterocycles. The predicted octanol–water partition coefficient (Wildman–Crippen LogP) is 8.43. The Balaban J connectivity index is 1.37. The zero-order valence-electron chi connectivity index (χ0n) is 23.5. The average molecular weight is 570 g/mol. The van der Waals surface area contributed by atoms with Crippen LogP contribution in [-0.2, 0) is 16.8 Å². The lowest BCUT2D eigenvalue weighted by Gasteiger charge is -2.24. The van der Waals surface area contributed by atoms with Crippen LogP contribution < -0.4 is 0 Å². The number of hydrogen-bond acceptors (Lipinski definition) is 4. The van der Waals surface area contributed by atoms with Crippen molar-refractivity contribution in [3.63, 3.8) is 0 Å². The highest BCUT2D eigenvalue weighted by molar-refractivity contribution is 7.99. The molecular formula is C35H36FNO3S. The molecule has 5 rings (SSSR count). The van der Waals surface area contributed by atoms with Crippen molar-refractivity contribution in [1.29, 1.82) is 0 Å². The van der Waals surface area contributed by atoms with Gasteiger partial charge in [-0.15, -0.1) is 0 Å². The third-order valence-electron chi connectivity index (χ3n) is 7.83. The van der Waals surface area contributed by atoms with Gasteiger partial charge in [-0.3, -0.25) is 4.79 Å². The summed E-state index contributed by atoms with van der Waals surface area (Å²) in [6.07, 6.45) is 7.79. The van der Waals surface area contributed by atoms with Crippen molar-refractivity contribution in [3.05, 3.63) is 113 Å². The van der Waals surface area contributed by atoms with Crippen molar-refractivity contribution in [2.24, 2.45) is 5.41 Å². The molecule has 1 atom stereocenters. The van der Waals surface area contributed by atoms with E-state index in [0.717, 1.165) is 59.2 Å². The molecule has 0 spiro atoms. The van der Waals surface area contributed by atoms with Crippen LogP contribution in [0.4, 0.5) is 4.39 Å². The summed E-state index contributed by atoms with van der Waals surface area (Å²) in [5.74, 6) is -0.214. The highest BCUT2D eigenvalue weighted by Crippen LogP contribution is 2.53. The largest absolute Gasteiger partial charge is 0.481 e. The number of thioether (sulfide) groups is 1. The molecule has 0 radical (unpaired) electrons. The van der Waals surface area contributed by atoms with E-state index in [1.807, 2.05) is 68.1 Å². The summed E-state index contributed by atoms with van der Waals surface area (Å²) in [6.45, 7) is 3.63. The summed E-state index contributed by atoms with van der Waals surface area (Å²) in [5, 5.41) is 21.2. The fraction of sp³-hybridized carbons (Fsp3) is 0.314. The summed E-state index contributed by atoms with van der Waals surface area (Å²) < 4.78 is 13.7. The van der Waals surface area contributed by atoms with E-state index in [-0.39, 0.29) is 22.9 Å². The van der Waals surface area contributed by atoms with Crippen LogP contribution in [0.3, 0.4) is 0 Å². The van der Waals surface area contributed by atoms with Gasteiger partial charge < -0.3 is 10.2 Å². The minimum Gasteiger partial charge on any atom is -0.481 e. The van der Waals surface area contributed by atoms with Crippen molar-refractivity contribution >= 4 is 40.8 Å². The van der Waals surface area contributed by atoms with Gasteiger partial charge in [-0.2, -0.15) is 11.8 Å². The molecule has 1 aliphatic rings. The number of aromatic nitrogens is 1. The maximum absolute atomic E-state index is 13.7. The standard InChI is InChI=1S/C35H36FNO3S/c1-34(2,40)30-9-4-3-7-25(30)13-17-32(41-23-35(18-19-35)22-33(38)39)27-8-5-6-24(20-27)10-15-29-16-12-26-11-14-28(36)21-31(26)37-29/h3-12,14-16,20-21,32,40H,13,17-19,22-23H2,1-2H3,(H,38,39)/t32-/m1/s1. The Morgan fingerprint density at radius 1 is 1.05 bits per heavy atom. The van der Waals surface area contributed by atoms with E-state index in [0.29, 0.717) is 5.52 Å². The molecule has 0 amide bonds. The van der Waals surface area contributed by atoms with Crippen molar-refractivity contribution in [3.8, 4) is 0 Å². The first-order valence-corrected chi connectivity index (χ1v) is 15.1. The SMILES string of the molecule is CC(C)(O)c1ccccc1CC[C@@H](SCC1(CC(=O)O)CC1)c1cccc(C=Cc2ccc3ccc(F)cc3n2)c1. The highest BCUT2D eigenvalue weighted by atomic mass is 32.2. The second-order valence-corrected chi connectivity index (χ2v) is 12.9. The van der Waals surface area contributed by atoms with Crippen molar-refractivity contribution in [2.45, 2.75) is 56.8 Å². The van der Waals surface area contributed by atoms with Crippen LogP contribution in [0.25, 0.3) is 23.1 Å². The van der Waals surface area contributed by atoms with Gasteiger partial charge >= 0.3 is 5.97 Å². The van der Waals surface area contributed by atoms with Crippen molar-refractivity contribution < 1.29 is 19.4 Å². The van der Waals surface area contributed by atoms with Gasteiger partial charge in [0.25, 0.3) is 0 Å². The third-order valence-corrected chi connectivity index (χ3v) is 9.52. The summed E-state index contributed by atoms with van der Waals surface area (Å²) in [5.41, 5.74) is 4.66. The van der Waals surface area contributed by atoms with Gasteiger partial charge in [0.2, 0.25) is 0 Å². The Kier molecular flexibility index (Phi) is 8.62. The number of fused-ring (bicyclic) bond motifs is 1. The number of aliphatic carboxylic acids is 1. The first-order valence-electron chi connectivity index (χ1n) is 14.1. The monoisotopic (exact) mass is 569 g/mol. The number of halogens is 1. The van der Waals surface area contributed by atoms with Crippen LogP contribution in [0.1, 0.15) is 72.7 Å². The maximum atomic E-state index is 13.7. The van der Waals surface area contributed by atoms with E-state index in [2.05, 4.69) is 35.3 Å². The van der Waals surface area contributed by atoms with Gasteiger partial charge in [-0.1, -0.05) is 60.7 Å². The molecule has 1 heterocycles. The van der Waals surface area contributed by atoms with E-state index in [9.17, 15) is 19.4 Å². The van der Waals surface area contributed by atoms with Crippen LogP contribution in [0.2, 0.25) is 0 Å². The maximum Gasteiger partial charge on any atom is 0.303 e. The summed E-state index contributed by atoms with van der Waals surface area (Å²) in [7, 11) is 0. The smallest absolute Gasteiger partial charge is 0.303 e. The molecule has 0 saturated heterocycles. The number of pyridine rings is 1.